The third kappa shape index (κ3) is 4.42. The van der Waals surface area contributed by atoms with Crippen molar-refractivity contribution in [2.75, 3.05) is 18.4 Å². The van der Waals surface area contributed by atoms with Gasteiger partial charge in [-0.2, -0.15) is 0 Å². The molecule has 0 spiro atoms. The lowest BCUT2D eigenvalue weighted by Crippen LogP contribution is -2.40. The molecule has 0 bridgehead atoms. The highest BCUT2D eigenvalue weighted by Crippen LogP contribution is 2.30. The molecule has 0 saturated carbocycles. The molecule has 0 fully saturated rings. The van der Waals surface area contributed by atoms with E-state index in [2.05, 4.69) is 15.5 Å². The van der Waals surface area contributed by atoms with Crippen LogP contribution in [0.5, 0.6) is 0 Å². The average Bonchev–Trinajstić information content (AvgIpc) is 2.90. The normalized spacial score (nSPS) is 13.1. The van der Waals surface area contributed by atoms with Gasteiger partial charge in [0.2, 0.25) is 0 Å². The van der Waals surface area contributed by atoms with Crippen molar-refractivity contribution in [1.82, 2.24) is 15.1 Å². The molecule has 1 aromatic heterocycles. The van der Waals surface area contributed by atoms with Crippen LogP contribution in [0.15, 0.2) is 64.2 Å². The molecule has 8 nitrogen and oxygen atoms in total. The molecule has 0 aliphatic carbocycles. The minimum absolute atomic E-state index is 0.204. The molecule has 1 aliphatic heterocycles. The molecule has 184 valence electrons. The zero-order valence-electron chi connectivity index (χ0n) is 19.9. The van der Waals surface area contributed by atoms with E-state index in [1.807, 2.05) is 24.3 Å². The number of hydrogen-bond acceptors (Lipinski definition) is 5. The van der Waals surface area contributed by atoms with Crippen molar-refractivity contribution >= 4 is 39.0 Å². The highest BCUT2D eigenvalue weighted by molar-refractivity contribution is 6.25. The van der Waals surface area contributed by atoms with Crippen LogP contribution >= 0.6 is 0 Å². The maximum atomic E-state index is 12.9. The number of unbranched alkanes of at least 4 members (excludes halogenated alkanes) is 5. The number of fused-ring (bicyclic) bond motifs is 1. The van der Waals surface area contributed by atoms with Crippen molar-refractivity contribution in [3.63, 3.8) is 0 Å². The van der Waals surface area contributed by atoms with Gasteiger partial charge in [-0.15, -0.1) is 0 Å². The van der Waals surface area contributed by atoms with E-state index in [0.717, 1.165) is 49.3 Å². The third-order valence-electron chi connectivity index (χ3n) is 6.81. The van der Waals surface area contributed by atoms with Crippen molar-refractivity contribution in [1.29, 1.82) is 0 Å². The number of aromatic nitrogens is 2. The number of anilines is 1. The summed E-state index contributed by atoms with van der Waals surface area (Å²) in [6.07, 6.45) is 5.74. The first kappa shape index (κ1) is 23.5. The molecule has 1 aliphatic rings. The molecule has 2 heterocycles. The Morgan fingerprint density at radius 3 is 1.97 bits per heavy atom. The molecule has 8 heteroatoms. The van der Waals surface area contributed by atoms with Crippen LogP contribution in [0.25, 0.3) is 21.5 Å². The first-order valence-electron chi connectivity index (χ1n) is 12.4. The zero-order chi connectivity index (χ0) is 25.1. The number of aromatic amines is 2. The minimum Gasteiger partial charge on any atom is -0.384 e. The van der Waals surface area contributed by atoms with Gasteiger partial charge in [0.15, 0.2) is 0 Å². The highest BCUT2D eigenvalue weighted by Gasteiger charge is 2.31. The van der Waals surface area contributed by atoms with E-state index in [4.69, 9.17) is 0 Å². The van der Waals surface area contributed by atoms with Crippen LogP contribution in [0.1, 0.15) is 59.2 Å². The maximum Gasteiger partial charge on any atom is 0.272 e. The number of hydrogen-bond donors (Lipinski definition) is 3. The minimum atomic E-state index is -0.321. The Hall–Kier alpha value is -4.20. The zero-order valence-corrected chi connectivity index (χ0v) is 19.9. The molecule has 0 saturated heterocycles. The van der Waals surface area contributed by atoms with Gasteiger partial charge < -0.3 is 5.32 Å². The number of carbonyl (C=O) groups excluding carboxylic acids is 2. The summed E-state index contributed by atoms with van der Waals surface area (Å²) in [6, 6.07) is 16.4. The maximum absolute atomic E-state index is 12.9. The summed E-state index contributed by atoms with van der Waals surface area (Å²) in [5.74, 6) is -0.408. The molecule has 36 heavy (non-hydrogen) atoms. The summed E-state index contributed by atoms with van der Waals surface area (Å²) in [5.41, 5.74) is 1.23. The second-order valence-electron chi connectivity index (χ2n) is 9.16. The van der Waals surface area contributed by atoms with Gasteiger partial charge in [-0.3, -0.25) is 34.3 Å². The molecule has 3 N–H and O–H groups in total. The van der Waals surface area contributed by atoms with E-state index < -0.39 is 0 Å². The number of carbonyl (C=O) groups is 2. The molecular weight excluding hydrogens is 456 g/mol. The lowest BCUT2D eigenvalue weighted by atomic mass is 9.94. The van der Waals surface area contributed by atoms with Gasteiger partial charge in [-0.25, -0.2) is 0 Å². The van der Waals surface area contributed by atoms with Crippen molar-refractivity contribution < 1.29 is 9.59 Å². The molecule has 5 rings (SSSR count). The molecule has 0 atom stereocenters. The lowest BCUT2D eigenvalue weighted by Gasteiger charge is -2.27. The summed E-state index contributed by atoms with van der Waals surface area (Å²) >= 11 is 0. The van der Waals surface area contributed by atoms with Gasteiger partial charge in [-0.05, 0) is 42.5 Å². The monoisotopic (exact) mass is 484 g/mol. The van der Waals surface area contributed by atoms with Gasteiger partial charge in [0.1, 0.15) is 0 Å². The predicted molar refractivity (Wildman–Crippen MR) is 141 cm³/mol. The second kappa shape index (κ2) is 10.2. The fraction of sp³-hybridized carbons (Fsp3) is 0.286. The quantitative estimate of drug-likeness (QED) is 0.228. The van der Waals surface area contributed by atoms with E-state index in [-0.39, 0.29) is 22.9 Å². The van der Waals surface area contributed by atoms with Crippen LogP contribution in [-0.4, -0.2) is 40.0 Å². The number of benzene rings is 3. The van der Waals surface area contributed by atoms with E-state index in [1.165, 1.54) is 4.90 Å². The Balaban J connectivity index is 1.05. The van der Waals surface area contributed by atoms with Crippen LogP contribution in [0.4, 0.5) is 5.69 Å². The summed E-state index contributed by atoms with van der Waals surface area (Å²) in [7, 11) is 0. The number of rotatable bonds is 10. The standard InChI is InChI=1S/C28H28N4O4/c33-25-19-12-9-15-22(24(19)26(34)31-30-25)29-16-5-3-1-2-4-6-17-32-27(35)20-13-7-10-18-11-8-14-21(23(18)20)28(32)36/h7-15,29H,1-6,16-17H2,(H,30,33)(H,31,34). The van der Waals surface area contributed by atoms with E-state index in [1.54, 1.807) is 30.3 Å². The van der Waals surface area contributed by atoms with Gasteiger partial charge in [0.25, 0.3) is 22.9 Å². The van der Waals surface area contributed by atoms with Crippen LogP contribution < -0.4 is 16.4 Å². The SMILES string of the molecule is O=C1c2cccc3cccc(c23)C(=O)N1CCCCCCCCNc1cccc2c(=O)[nH][nH]c(=O)c12. The Bertz CT molecular complexity index is 1520. The molecule has 3 aromatic carbocycles. The number of nitrogens with zero attached hydrogens (tertiary/aromatic N) is 1. The van der Waals surface area contributed by atoms with Gasteiger partial charge >= 0.3 is 0 Å². The predicted octanol–water partition coefficient (Wildman–Crippen LogP) is 4.42. The molecular formula is C28H28N4O4. The Kier molecular flexibility index (Phi) is 6.66. The van der Waals surface area contributed by atoms with Crippen LogP contribution in [0.3, 0.4) is 0 Å². The lowest BCUT2D eigenvalue weighted by molar-refractivity contribution is 0.0607. The number of amides is 2. The number of imide groups is 1. The Morgan fingerprint density at radius 2 is 1.25 bits per heavy atom. The van der Waals surface area contributed by atoms with Crippen molar-refractivity contribution in [3.05, 3.63) is 86.4 Å². The van der Waals surface area contributed by atoms with Crippen molar-refractivity contribution in [2.24, 2.45) is 0 Å². The summed E-state index contributed by atoms with van der Waals surface area (Å²) in [5, 5.41) is 10.4. The third-order valence-corrected chi connectivity index (χ3v) is 6.81. The van der Waals surface area contributed by atoms with E-state index in [0.29, 0.717) is 40.7 Å². The summed E-state index contributed by atoms with van der Waals surface area (Å²) in [6.45, 7) is 1.13. The van der Waals surface area contributed by atoms with Crippen molar-refractivity contribution in [2.45, 2.75) is 38.5 Å². The Morgan fingerprint density at radius 1 is 0.639 bits per heavy atom. The number of nitrogens with one attached hydrogen (secondary N) is 3. The fourth-order valence-electron chi connectivity index (χ4n) is 4.99. The van der Waals surface area contributed by atoms with E-state index >= 15 is 0 Å². The van der Waals surface area contributed by atoms with Crippen LogP contribution in [-0.2, 0) is 0 Å². The molecule has 2 amide bonds. The summed E-state index contributed by atoms with van der Waals surface area (Å²) < 4.78 is 0. The topological polar surface area (TPSA) is 115 Å². The highest BCUT2D eigenvalue weighted by atomic mass is 16.2. The largest absolute Gasteiger partial charge is 0.384 e. The fourth-order valence-corrected chi connectivity index (χ4v) is 4.99. The van der Waals surface area contributed by atoms with Crippen LogP contribution in [0, 0.1) is 0 Å². The van der Waals surface area contributed by atoms with Gasteiger partial charge in [0, 0.05) is 35.3 Å². The van der Waals surface area contributed by atoms with E-state index in [9.17, 15) is 19.2 Å². The van der Waals surface area contributed by atoms with Gasteiger partial charge in [-0.1, -0.05) is 56.0 Å². The number of H-pyrrole nitrogens is 2. The molecule has 4 aromatic rings. The van der Waals surface area contributed by atoms with Gasteiger partial charge in [0.05, 0.1) is 10.8 Å². The van der Waals surface area contributed by atoms with Crippen molar-refractivity contribution in [3.8, 4) is 0 Å². The second-order valence-corrected chi connectivity index (χ2v) is 9.16. The molecule has 0 radical (unpaired) electrons. The van der Waals surface area contributed by atoms with Crippen LogP contribution in [0.2, 0.25) is 0 Å². The first-order valence-corrected chi connectivity index (χ1v) is 12.4. The summed E-state index contributed by atoms with van der Waals surface area (Å²) in [4.78, 5) is 51.3. The average molecular weight is 485 g/mol. The smallest absolute Gasteiger partial charge is 0.272 e. The Labute approximate surface area is 207 Å². The first-order chi connectivity index (χ1) is 17.6. The molecule has 0 unspecified atom stereocenters.